The van der Waals surface area contributed by atoms with Gasteiger partial charge in [-0.15, -0.1) is 0 Å². The highest BCUT2D eigenvalue weighted by Gasteiger charge is 2.24. The van der Waals surface area contributed by atoms with Gasteiger partial charge >= 0.3 is 0 Å². The van der Waals surface area contributed by atoms with E-state index in [1.807, 2.05) is 0 Å². The molecule has 90 valence electrons. The lowest BCUT2D eigenvalue weighted by atomic mass is 9.80. The van der Waals surface area contributed by atoms with E-state index < -0.39 is 0 Å². The molecule has 0 aromatic heterocycles. The van der Waals surface area contributed by atoms with Crippen molar-refractivity contribution >= 4 is 0 Å². The van der Waals surface area contributed by atoms with E-state index in [4.69, 9.17) is 0 Å². The molecular weight excluding hydrogens is 182 g/mol. The minimum Gasteiger partial charge on any atom is -0.378 e. The van der Waals surface area contributed by atoms with E-state index >= 15 is 0 Å². The fourth-order valence-electron chi connectivity index (χ4n) is 2.20. The molecular formula is C14H29N. The Labute approximate surface area is 96.6 Å². The molecule has 0 amide bonds. The van der Waals surface area contributed by atoms with E-state index in [0.29, 0.717) is 5.41 Å². The summed E-state index contributed by atoms with van der Waals surface area (Å²) in [5.74, 6) is 0. The molecule has 0 saturated carbocycles. The first-order valence-electron chi connectivity index (χ1n) is 6.32. The summed E-state index contributed by atoms with van der Waals surface area (Å²) in [5, 5.41) is 0. The van der Waals surface area contributed by atoms with Crippen molar-refractivity contribution in [2.24, 2.45) is 5.41 Å². The normalized spacial score (nSPS) is 14.7. The minimum absolute atomic E-state index is 0.471. The summed E-state index contributed by atoms with van der Waals surface area (Å²) >= 11 is 0. The molecule has 1 atom stereocenters. The Kier molecular flexibility index (Phi) is 6.71. The lowest BCUT2D eigenvalue weighted by Gasteiger charge is -2.35. The summed E-state index contributed by atoms with van der Waals surface area (Å²) in [5.41, 5.74) is 1.65. The Bertz CT molecular complexity index is 186. The van der Waals surface area contributed by atoms with Crippen LogP contribution in [-0.4, -0.2) is 18.5 Å². The summed E-state index contributed by atoms with van der Waals surface area (Å²) in [6.45, 7) is 14.2. The van der Waals surface area contributed by atoms with E-state index in [9.17, 15) is 0 Å². The van der Waals surface area contributed by atoms with Gasteiger partial charge in [0.05, 0.1) is 0 Å². The van der Waals surface area contributed by atoms with Gasteiger partial charge in [0.15, 0.2) is 0 Å². The second kappa shape index (κ2) is 6.92. The average molecular weight is 211 g/mol. The van der Waals surface area contributed by atoms with Crippen LogP contribution in [0.3, 0.4) is 0 Å². The molecule has 0 aliphatic carbocycles. The summed E-state index contributed by atoms with van der Waals surface area (Å²) in [7, 11) is 2.15. The Morgan fingerprint density at radius 1 is 1.20 bits per heavy atom. The van der Waals surface area contributed by atoms with Crippen molar-refractivity contribution < 1.29 is 0 Å². The van der Waals surface area contributed by atoms with Crippen LogP contribution in [0.2, 0.25) is 0 Å². The van der Waals surface area contributed by atoms with Crippen LogP contribution in [0.1, 0.15) is 59.8 Å². The van der Waals surface area contributed by atoms with Gasteiger partial charge < -0.3 is 4.90 Å². The molecule has 0 bridgehead atoms. The molecule has 15 heavy (non-hydrogen) atoms. The van der Waals surface area contributed by atoms with Crippen LogP contribution < -0.4 is 0 Å². The lowest BCUT2D eigenvalue weighted by molar-refractivity contribution is 0.187. The quantitative estimate of drug-likeness (QED) is 0.573. The molecule has 0 aliphatic heterocycles. The number of rotatable bonds is 8. The van der Waals surface area contributed by atoms with Crippen molar-refractivity contribution in [2.75, 3.05) is 13.6 Å². The minimum atomic E-state index is 0.471. The van der Waals surface area contributed by atoms with E-state index in [-0.39, 0.29) is 0 Å². The highest BCUT2D eigenvalue weighted by atomic mass is 15.1. The standard InChI is InChI=1S/C14H29N/c1-7-9-11-14(5,10-8-2)12-15(6)13(3)4/h3,7-12H2,1-2,4-6H3. The smallest absolute Gasteiger partial charge is 0.0225 e. The van der Waals surface area contributed by atoms with Gasteiger partial charge in [0.2, 0.25) is 0 Å². The Morgan fingerprint density at radius 3 is 2.20 bits per heavy atom. The number of unbranched alkanes of at least 4 members (excludes halogenated alkanes) is 1. The maximum absolute atomic E-state index is 4.01. The Balaban J connectivity index is 4.28. The monoisotopic (exact) mass is 211 g/mol. The fraction of sp³-hybridized carbons (Fsp3) is 0.857. The Morgan fingerprint density at radius 2 is 1.80 bits per heavy atom. The molecule has 0 aromatic carbocycles. The number of nitrogens with zero attached hydrogens (tertiary/aromatic N) is 1. The van der Waals surface area contributed by atoms with Crippen LogP contribution in [0, 0.1) is 5.41 Å². The van der Waals surface area contributed by atoms with Gasteiger partial charge in [-0.1, -0.05) is 46.6 Å². The van der Waals surface area contributed by atoms with E-state index in [1.165, 1.54) is 37.8 Å². The summed E-state index contributed by atoms with van der Waals surface area (Å²) < 4.78 is 0. The zero-order valence-electron chi connectivity index (χ0n) is 11.4. The zero-order chi connectivity index (χ0) is 11.9. The number of hydrogen-bond acceptors (Lipinski definition) is 1. The van der Waals surface area contributed by atoms with Gasteiger partial charge in [-0.2, -0.15) is 0 Å². The number of allylic oxidation sites excluding steroid dienone is 1. The molecule has 1 nitrogen and oxygen atoms in total. The van der Waals surface area contributed by atoms with E-state index in [1.54, 1.807) is 0 Å². The van der Waals surface area contributed by atoms with Gasteiger partial charge in [0.25, 0.3) is 0 Å². The molecule has 1 heteroatoms. The third kappa shape index (κ3) is 5.86. The van der Waals surface area contributed by atoms with E-state index in [0.717, 1.165) is 6.54 Å². The Hall–Kier alpha value is -0.460. The molecule has 0 saturated heterocycles. The van der Waals surface area contributed by atoms with Crippen LogP contribution in [-0.2, 0) is 0 Å². The summed E-state index contributed by atoms with van der Waals surface area (Å²) in [6, 6.07) is 0. The summed E-state index contributed by atoms with van der Waals surface area (Å²) in [4.78, 5) is 2.30. The van der Waals surface area contributed by atoms with Crippen molar-refractivity contribution in [2.45, 2.75) is 59.8 Å². The first-order valence-corrected chi connectivity index (χ1v) is 6.32. The second-order valence-electron chi connectivity index (χ2n) is 5.26. The van der Waals surface area contributed by atoms with Gasteiger partial charge in [0.1, 0.15) is 0 Å². The molecule has 0 spiro atoms. The van der Waals surface area contributed by atoms with Crippen molar-refractivity contribution in [3.8, 4) is 0 Å². The molecule has 0 heterocycles. The average Bonchev–Trinajstić information content (AvgIpc) is 2.15. The van der Waals surface area contributed by atoms with E-state index in [2.05, 4.69) is 46.2 Å². The van der Waals surface area contributed by atoms with Crippen LogP contribution in [0.25, 0.3) is 0 Å². The highest BCUT2D eigenvalue weighted by molar-refractivity contribution is 4.90. The maximum Gasteiger partial charge on any atom is 0.0225 e. The van der Waals surface area contributed by atoms with Gasteiger partial charge in [-0.3, -0.25) is 0 Å². The molecule has 1 unspecified atom stereocenters. The van der Waals surface area contributed by atoms with Crippen LogP contribution >= 0.6 is 0 Å². The topological polar surface area (TPSA) is 3.24 Å². The van der Waals surface area contributed by atoms with Crippen molar-refractivity contribution in [3.05, 3.63) is 12.3 Å². The van der Waals surface area contributed by atoms with Crippen LogP contribution in [0.5, 0.6) is 0 Å². The third-order valence-electron chi connectivity index (χ3n) is 3.26. The fourth-order valence-corrected chi connectivity index (χ4v) is 2.20. The third-order valence-corrected chi connectivity index (χ3v) is 3.26. The predicted molar refractivity (Wildman–Crippen MR) is 70.0 cm³/mol. The largest absolute Gasteiger partial charge is 0.378 e. The first kappa shape index (κ1) is 14.5. The van der Waals surface area contributed by atoms with Crippen molar-refractivity contribution in [3.63, 3.8) is 0 Å². The summed E-state index contributed by atoms with van der Waals surface area (Å²) in [6.07, 6.45) is 6.60. The molecule has 0 fully saturated rings. The zero-order valence-corrected chi connectivity index (χ0v) is 11.4. The van der Waals surface area contributed by atoms with Gasteiger partial charge in [-0.05, 0) is 25.2 Å². The second-order valence-corrected chi connectivity index (χ2v) is 5.26. The molecule has 0 aliphatic rings. The highest BCUT2D eigenvalue weighted by Crippen LogP contribution is 2.31. The first-order chi connectivity index (χ1) is 6.95. The van der Waals surface area contributed by atoms with Crippen LogP contribution in [0.4, 0.5) is 0 Å². The van der Waals surface area contributed by atoms with Gasteiger partial charge in [0, 0.05) is 19.3 Å². The van der Waals surface area contributed by atoms with Crippen molar-refractivity contribution in [1.29, 1.82) is 0 Å². The number of hydrogen-bond donors (Lipinski definition) is 0. The van der Waals surface area contributed by atoms with Crippen LogP contribution in [0.15, 0.2) is 12.3 Å². The SMILES string of the molecule is C=C(C)N(C)CC(C)(CCC)CCCC. The molecule has 0 rings (SSSR count). The van der Waals surface area contributed by atoms with Gasteiger partial charge in [-0.25, -0.2) is 0 Å². The maximum atomic E-state index is 4.01. The molecule has 0 aromatic rings. The lowest BCUT2D eigenvalue weighted by Crippen LogP contribution is -2.32. The molecule has 0 N–H and O–H groups in total. The molecule has 0 radical (unpaired) electrons. The van der Waals surface area contributed by atoms with Crippen molar-refractivity contribution in [1.82, 2.24) is 4.90 Å². The predicted octanol–water partition coefficient (Wildman–Crippen LogP) is 4.45.